The number of nitrogen functional groups attached to an aromatic ring is 2. The number of rotatable bonds is 1. The number of methoxy groups -OCH3 is 1. The summed E-state index contributed by atoms with van der Waals surface area (Å²) in [5.74, 6) is 6.68. The van der Waals surface area contributed by atoms with E-state index in [4.69, 9.17) is 16.2 Å². The lowest BCUT2D eigenvalue weighted by Gasteiger charge is -2.05. The number of hydrogen-bond acceptors (Lipinski definition) is 5. The van der Waals surface area contributed by atoms with E-state index in [0.29, 0.717) is 22.6 Å². The molecule has 1 aromatic heterocycles. The van der Waals surface area contributed by atoms with Crippen molar-refractivity contribution < 1.29 is 4.74 Å². The average Bonchev–Trinajstić information content (AvgIpc) is 2.38. The van der Waals surface area contributed by atoms with E-state index in [9.17, 15) is 0 Å². The second kappa shape index (κ2) is 5.06. The molecule has 0 saturated carbocycles. The molecule has 0 fully saturated rings. The maximum atomic E-state index is 5.79. The van der Waals surface area contributed by atoms with Gasteiger partial charge in [0.2, 0.25) is 5.95 Å². The first-order valence-corrected chi connectivity index (χ1v) is 5.22. The highest BCUT2D eigenvalue weighted by Gasteiger charge is 2.03. The molecule has 18 heavy (non-hydrogen) atoms. The number of para-hydroxylation sites is 1. The van der Waals surface area contributed by atoms with Crippen LogP contribution in [-0.2, 0) is 0 Å². The number of nitrogens with zero attached hydrogens (tertiary/aromatic N) is 2. The van der Waals surface area contributed by atoms with Gasteiger partial charge in [0.05, 0.1) is 23.9 Å². The second-order valence-corrected chi connectivity index (χ2v) is 3.51. The molecule has 0 spiro atoms. The predicted octanol–water partition coefficient (Wildman–Crippen LogP) is 1.05. The maximum Gasteiger partial charge on any atom is 0.219 e. The Morgan fingerprint density at radius 3 is 2.50 bits per heavy atom. The van der Waals surface area contributed by atoms with Crippen LogP contribution in [0.15, 0.2) is 30.6 Å². The summed E-state index contributed by atoms with van der Waals surface area (Å²) in [5, 5.41) is 0. The Kier molecular flexibility index (Phi) is 3.30. The zero-order chi connectivity index (χ0) is 13.0. The topological polar surface area (TPSA) is 87.0 Å². The summed E-state index contributed by atoms with van der Waals surface area (Å²) in [7, 11) is 1.56. The summed E-state index contributed by atoms with van der Waals surface area (Å²) in [5.41, 5.74) is 13.1. The van der Waals surface area contributed by atoms with Gasteiger partial charge >= 0.3 is 0 Å². The van der Waals surface area contributed by atoms with E-state index >= 15 is 0 Å². The minimum absolute atomic E-state index is 0.224. The molecule has 0 bridgehead atoms. The van der Waals surface area contributed by atoms with Crippen molar-refractivity contribution in [2.24, 2.45) is 0 Å². The number of aromatic nitrogens is 2. The molecule has 1 aromatic carbocycles. The van der Waals surface area contributed by atoms with E-state index in [1.807, 2.05) is 12.1 Å². The summed E-state index contributed by atoms with van der Waals surface area (Å²) in [6, 6.07) is 5.41. The summed E-state index contributed by atoms with van der Waals surface area (Å²) >= 11 is 0. The Balaban J connectivity index is 2.35. The first kappa shape index (κ1) is 11.7. The van der Waals surface area contributed by atoms with Crippen LogP contribution in [0.4, 0.5) is 11.6 Å². The molecule has 90 valence electrons. The van der Waals surface area contributed by atoms with Crippen molar-refractivity contribution in [1.82, 2.24) is 9.97 Å². The standard InChI is InChI=1S/C13H12N4O/c1-18-12-10(3-2-4-11(12)14)6-5-9-7-16-13(15)17-8-9/h2-4,7-8H,14H2,1H3,(H2,15,16,17). The number of anilines is 2. The van der Waals surface area contributed by atoms with E-state index in [1.165, 1.54) is 0 Å². The Morgan fingerprint density at radius 2 is 1.83 bits per heavy atom. The largest absolute Gasteiger partial charge is 0.493 e. The zero-order valence-corrected chi connectivity index (χ0v) is 9.84. The van der Waals surface area contributed by atoms with Gasteiger partial charge in [0.1, 0.15) is 0 Å². The van der Waals surface area contributed by atoms with Gasteiger partial charge in [-0.05, 0) is 12.1 Å². The lowest BCUT2D eigenvalue weighted by molar-refractivity contribution is 0.416. The number of hydrogen-bond donors (Lipinski definition) is 2. The third-order valence-electron chi connectivity index (χ3n) is 2.26. The molecule has 2 aromatic rings. The van der Waals surface area contributed by atoms with Crippen LogP contribution in [0.2, 0.25) is 0 Å². The van der Waals surface area contributed by atoms with Crippen molar-refractivity contribution in [3.63, 3.8) is 0 Å². The predicted molar refractivity (Wildman–Crippen MR) is 69.8 cm³/mol. The van der Waals surface area contributed by atoms with Crippen molar-refractivity contribution in [2.45, 2.75) is 0 Å². The molecule has 0 saturated heterocycles. The molecule has 0 atom stereocenters. The highest BCUT2D eigenvalue weighted by molar-refractivity contribution is 5.62. The molecule has 0 amide bonds. The fourth-order valence-electron chi connectivity index (χ4n) is 1.42. The minimum Gasteiger partial charge on any atom is -0.493 e. The van der Waals surface area contributed by atoms with Gasteiger partial charge in [0.15, 0.2) is 5.75 Å². The van der Waals surface area contributed by atoms with Crippen LogP contribution in [0.25, 0.3) is 0 Å². The molecule has 1 heterocycles. The fourth-order valence-corrected chi connectivity index (χ4v) is 1.42. The minimum atomic E-state index is 0.224. The molecule has 5 nitrogen and oxygen atoms in total. The van der Waals surface area contributed by atoms with Crippen LogP contribution in [0.1, 0.15) is 11.1 Å². The lowest BCUT2D eigenvalue weighted by Crippen LogP contribution is -1.95. The van der Waals surface area contributed by atoms with E-state index in [0.717, 1.165) is 0 Å². The zero-order valence-electron chi connectivity index (χ0n) is 9.84. The van der Waals surface area contributed by atoms with E-state index in [2.05, 4.69) is 21.8 Å². The highest BCUT2D eigenvalue weighted by atomic mass is 16.5. The van der Waals surface area contributed by atoms with Gasteiger partial charge < -0.3 is 16.2 Å². The van der Waals surface area contributed by atoms with Crippen LogP contribution in [-0.4, -0.2) is 17.1 Å². The van der Waals surface area contributed by atoms with Crippen LogP contribution >= 0.6 is 0 Å². The van der Waals surface area contributed by atoms with Crippen LogP contribution in [0.5, 0.6) is 5.75 Å². The number of nitrogens with two attached hydrogens (primary N) is 2. The van der Waals surface area contributed by atoms with Crippen LogP contribution in [0.3, 0.4) is 0 Å². The van der Waals surface area contributed by atoms with Gasteiger partial charge in [0.25, 0.3) is 0 Å². The van der Waals surface area contributed by atoms with Gasteiger partial charge in [0, 0.05) is 12.4 Å². The number of benzene rings is 1. The monoisotopic (exact) mass is 240 g/mol. The van der Waals surface area contributed by atoms with Crippen LogP contribution in [0, 0.1) is 11.8 Å². The molecule has 0 radical (unpaired) electrons. The van der Waals surface area contributed by atoms with E-state index in [-0.39, 0.29) is 5.95 Å². The molecule has 0 unspecified atom stereocenters. The Hall–Kier alpha value is -2.74. The third-order valence-corrected chi connectivity index (χ3v) is 2.26. The van der Waals surface area contributed by atoms with Crippen molar-refractivity contribution >= 4 is 11.6 Å². The van der Waals surface area contributed by atoms with Crippen LogP contribution < -0.4 is 16.2 Å². The Morgan fingerprint density at radius 1 is 1.11 bits per heavy atom. The average molecular weight is 240 g/mol. The third kappa shape index (κ3) is 2.50. The summed E-state index contributed by atoms with van der Waals surface area (Å²) in [6.45, 7) is 0. The molecular formula is C13H12N4O. The Bertz CT molecular complexity index is 611. The summed E-state index contributed by atoms with van der Waals surface area (Å²) < 4.78 is 5.20. The molecule has 5 heteroatoms. The lowest BCUT2D eigenvalue weighted by atomic mass is 10.1. The molecule has 0 aliphatic heterocycles. The van der Waals surface area contributed by atoms with E-state index < -0.39 is 0 Å². The fraction of sp³-hybridized carbons (Fsp3) is 0.0769. The SMILES string of the molecule is COc1c(N)cccc1C#Cc1cnc(N)nc1. The molecule has 4 N–H and O–H groups in total. The van der Waals surface area contributed by atoms with Gasteiger partial charge in [-0.3, -0.25) is 0 Å². The normalized spacial score (nSPS) is 9.39. The first-order valence-electron chi connectivity index (χ1n) is 5.22. The quantitative estimate of drug-likeness (QED) is 0.574. The summed E-state index contributed by atoms with van der Waals surface area (Å²) in [6.07, 6.45) is 3.13. The Labute approximate surface area is 105 Å². The molecular weight excluding hydrogens is 228 g/mol. The maximum absolute atomic E-state index is 5.79. The second-order valence-electron chi connectivity index (χ2n) is 3.51. The van der Waals surface area contributed by atoms with Gasteiger partial charge in [-0.2, -0.15) is 0 Å². The van der Waals surface area contributed by atoms with E-state index in [1.54, 1.807) is 25.6 Å². The van der Waals surface area contributed by atoms with Crippen molar-refractivity contribution in [3.05, 3.63) is 41.7 Å². The van der Waals surface area contributed by atoms with Gasteiger partial charge in [-0.1, -0.05) is 17.9 Å². The molecule has 0 aliphatic rings. The first-order chi connectivity index (χ1) is 8.70. The molecule has 0 aliphatic carbocycles. The van der Waals surface area contributed by atoms with Gasteiger partial charge in [-0.15, -0.1) is 0 Å². The summed E-state index contributed by atoms with van der Waals surface area (Å²) in [4.78, 5) is 7.72. The number of ether oxygens (including phenoxy) is 1. The molecule has 2 rings (SSSR count). The van der Waals surface area contributed by atoms with Crippen molar-refractivity contribution in [1.29, 1.82) is 0 Å². The van der Waals surface area contributed by atoms with Crippen molar-refractivity contribution in [2.75, 3.05) is 18.6 Å². The highest BCUT2D eigenvalue weighted by Crippen LogP contribution is 2.24. The smallest absolute Gasteiger partial charge is 0.219 e. The van der Waals surface area contributed by atoms with Crippen molar-refractivity contribution in [3.8, 4) is 17.6 Å². The van der Waals surface area contributed by atoms with Gasteiger partial charge in [-0.25, -0.2) is 9.97 Å².